The molecule has 2 aromatic rings. The van der Waals surface area contributed by atoms with Crippen LogP contribution in [0.25, 0.3) is 0 Å². The van der Waals surface area contributed by atoms with Gasteiger partial charge in [0.2, 0.25) is 0 Å². The van der Waals surface area contributed by atoms with Crippen LogP contribution < -0.4 is 5.32 Å². The van der Waals surface area contributed by atoms with Crippen LogP contribution >= 0.6 is 0 Å². The Morgan fingerprint density at radius 3 is 2.62 bits per heavy atom. The van der Waals surface area contributed by atoms with Gasteiger partial charge in [0.05, 0.1) is 17.3 Å². The van der Waals surface area contributed by atoms with Gasteiger partial charge in [0.25, 0.3) is 5.91 Å². The molecule has 1 aliphatic rings. The number of benzene rings is 1. The van der Waals surface area contributed by atoms with E-state index >= 15 is 0 Å². The Morgan fingerprint density at radius 2 is 1.92 bits per heavy atom. The average molecular weight is 347 g/mol. The topological polar surface area (TPSA) is 76.4 Å². The molecule has 0 spiro atoms. The second-order valence-electron chi connectivity index (χ2n) is 6.20. The highest BCUT2D eigenvalue weighted by atomic mass is 32.2. The van der Waals surface area contributed by atoms with Crippen molar-refractivity contribution in [2.75, 3.05) is 5.32 Å². The van der Waals surface area contributed by atoms with Crippen molar-refractivity contribution in [2.24, 2.45) is 0 Å². The third-order valence-electron chi connectivity index (χ3n) is 4.36. The smallest absolute Gasteiger partial charge is 0.291 e. The third kappa shape index (κ3) is 4.06. The molecular formula is C18H21NO4S. The number of carbonyl (C=O) groups is 1. The molecule has 1 aromatic carbocycles. The highest BCUT2D eigenvalue weighted by Gasteiger charge is 2.27. The van der Waals surface area contributed by atoms with Crippen LogP contribution in [0.2, 0.25) is 0 Å². The van der Waals surface area contributed by atoms with E-state index in [0.29, 0.717) is 11.3 Å². The minimum Gasteiger partial charge on any atom is -0.459 e. The number of sulfone groups is 1. The average Bonchev–Trinajstić information content (AvgIpc) is 3.10. The zero-order chi connectivity index (χ0) is 17.0. The van der Waals surface area contributed by atoms with Crippen LogP contribution in [-0.2, 0) is 15.6 Å². The predicted octanol–water partition coefficient (Wildman–Crippen LogP) is 3.78. The first kappa shape index (κ1) is 16.8. The second kappa shape index (κ2) is 7.21. The fraction of sp³-hybridized carbons (Fsp3) is 0.389. The van der Waals surface area contributed by atoms with E-state index in [2.05, 4.69) is 5.32 Å². The minimum atomic E-state index is -3.16. The Labute approximate surface area is 142 Å². The maximum atomic E-state index is 12.6. The lowest BCUT2D eigenvalue weighted by Crippen LogP contribution is -2.25. The van der Waals surface area contributed by atoms with Gasteiger partial charge in [-0.05, 0) is 42.7 Å². The van der Waals surface area contributed by atoms with Gasteiger partial charge in [-0.3, -0.25) is 4.79 Å². The summed E-state index contributed by atoms with van der Waals surface area (Å²) in [6.07, 6.45) is 6.06. The summed E-state index contributed by atoms with van der Waals surface area (Å²) in [7, 11) is -3.16. The first-order valence-corrected chi connectivity index (χ1v) is 9.91. The summed E-state index contributed by atoms with van der Waals surface area (Å²) in [6.45, 7) is 0. The molecule has 0 radical (unpaired) electrons. The second-order valence-corrected chi connectivity index (χ2v) is 8.48. The maximum absolute atomic E-state index is 12.6. The van der Waals surface area contributed by atoms with Gasteiger partial charge in [0.15, 0.2) is 15.6 Å². The molecule has 0 saturated heterocycles. The summed E-state index contributed by atoms with van der Waals surface area (Å²) in [5.41, 5.74) is 1.26. The number of amides is 1. The predicted molar refractivity (Wildman–Crippen MR) is 92.6 cm³/mol. The Hall–Kier alpha value is -2.08. The van der Waals surface area contributed by atoms with Gasteiger partial charge in [-0.25, -0.2) is 8.42 Å². The Kier molecular flexibility index (Phi) is 5.04. The van der Waals surface area contributed by atoms with Gasteiger partial charge in [0, 0.05) is 5.69 Å². The molecule has 6 heteroatoms. The molecule has 1 fully saturated rings. The highest BCUT2D eigenvalue weighted by molar-refractivity contribution is 7.91. The van der Waals surface area contributed by atoms with Crippen LogP contribution in [0, 0.1) is 0 Å². The zero-order valence-electron chi connectivity index (χ0n) is 13.4. The van der Waals surface area contributed by atoms with Gasteiger partial charge in [-0.2, -0.15) is 0 Å². The maximum Gasteiger partial charge on any atom is 0.291 e. The standard InChI is InChI=1S/C18H21NO4S/c20-18(17-10-5-11-23-17)19-15-7-4-6-14(12-15)13-24(21,22)16-8-2-1-3-9-16/h4-7,10-12,16H,1-3,8-9,13H2,(H,19,20). The molecule has 1 heterocycles. The first-order chi connectivity index (χ1) is 11.5. The number of anilines is 1. The fourth-order valence-corrected chi connectivity index (χ4v) is 5.05. The van der Waals surface area contributed by atoms with Crippen molar-refractivity contribution in [1.29, 1.82) is 0 Å². The number of carbonyl (C=O) groups excluding carboxylic acids is 1. The molecule has 0 unspecified atom stereocenters. The normalized spacial score (nSPS) is 16.0. The summed E-state index contributed by atoms with van der Waals surface area (Å²) in [6, 6.07) is 10.2. The Balaban J connectivity index is 1.70. The van der Waals surface area contributed by atoms with Crippen LogP contribution in [-0.4, -0.2) is 19.6 Å². The van der Waals surface area contributed by atoms with Crippen molar-refractivity contribution in [3.63, 3.8) is 0 Å². The van der Waals surface area contributed by atoms with Crippen molar-refractivity contribution in [3.8, 4) is 0 Å². The molecule has 1 amide bonds. The van der Waals surface area contributed by atoms with Crippen molar-refractivity contribution in [1.82, 2.24) is 0 Å². The molecular weight excluding hydrogens is 326 g/mol. The van der Waals surface area contributed by atoms with E-state index in [1.54, 1.807) is 36.4 Å². The summed E-state index contributed by atoms with van der Waals surface area (Å²) in [5, 5.41) is 2.49. The molecule has 0 bridgehead atoms. The van der Waals surface area contributed by atoms with E-state index in [1.807, 2.05) is 0 Å². The van der Waals surface area contributed by atoms with E-state index in [-0.39, 0.29) is 22.7 Å². The van der Waals surface area contributed by atoms with Crippen molar-refractivity contribution in [3.05, 3.63) is 54.0 Å². The van der Waals surface area contributed by atoms with Crippen LogP contribution in [0.4, 0.5) is 5.69 Å². The van der Waals surface area contributed by atoms with Gasteiger partial charge >= 0.3 is 0 Å². The summed E-state index contributed by atoms with van der Waals surface area (Å²) >= 11 is 0. The molecule has 3 rings (SSSR count). The largest absolute Gasteiger partial charge is 0.459 e. The lowest BCUT2D eigenvalue weighted by Gasteiger charge is -2.21. The van der Waals surface area contributed by atoms with E-state index in [0.717, 1.165) is 32.1 Å². The lowest BCUT2D eigenvalue weighted by atomic mass is 10.0. The monoisotopic (exact) mass is 347 g/mol. The fourth-order valence-electron chi connectivity index (χ4n) is 3.11. The van der Waals surface area contributed by atoms with Gasteiger partial charge in [0.1, 0.15) is 0 Å². The van der Waals surface area contributed by atoms with E-state index in [1.165, 1.54) is 6.26 Å². The molecule has 128 valence electrons. The van der Waals surface area contributed by atoms with Crippen LogP contribution in [0.15, 0.2) is 47.1 Å². The minimum absolute atomic E-state index is 0.0160. The molecule has 24 heavy (non-hydrogen) atoms. The molecule has 0 aliphatic heterocycles. The summed E-state index contributed by atoms with van der Waals surface area (Å²) < 4.78 is 30.2. The molecule has 0 atom stereocenters. The first-order valence-electron chi connectivity index (χ1n) is 8.20. The Morgan fingerprint density at radius 1 is 1.12 bits per heavy atom. The van der Waals surface area contributed by atoms with Gasteiger partial charge < -0.3 is 9.73 Å². The number of furan rings is 1. The summed E-state index contributed by atoms with van der Waals surface area (Å²) in [5.74, 6) is -0.121. The third-order valence-corrected chi connectivity index (χ3v) is 6.58. The Bertz CT molecular complexity index is 790. The molecule has 1 aromatic heterocycles. The van der Waals surface area contributed by atoms with E-state index in [9.17, 15) is 13.2 Å². The number of nitrogens with one attached hydrogen (secondary N) is 1. The SMILES string of the molecule is O=C(Nc1cccc(CS(=O)(=O)C2CCCCC2)c1)c1ccco1. The van der Waals surface area contributed by atoms with Gasteiger partial charge in [-0.15, -0.1) is 0 Å². The highest BCUT2D eigenvalue weighted by Crippen LogP contribution is 2.26. The molecule has 1 aliphatic carbocycles. The van der Waals surface area contributed by atoms with Crippen LogP contribution in [0.5, 0.6) is 0 Å². The van der Waals surface area contributed by atoms with Crippen molar-refractivity contribution in [2.45, 2.75) is 43.1 Å². The number of rotatable bonds is 5. The van der Waals surface area contributed by atoms with Crippen molar-refractivity contribution < 1.29 is 17.6 Å². The van der Waals surface area contributed by atoms with Crippen molar-refractivity contribution >= 4 is 21.4 Å². The van der Waals surface area contributed by atoms with E-state index in [4.69, 9.17) is 4.42 Å². The number of hydrogen-bond acceptors (Lipinski definition) is 4. The summed E-state index contributed by atoms with van der Waals surface area (Å²) in [4.78, 5) is 12.0. The van der Waals surface area contributed by atoms with Gasteiger partial charge in [-0.1, -0.05) is 31.4 Å². The molecule has 5 nitrogen and oxygen atoms in total. The quantitative estimate of drug-likeness (QED) is 0.893. The van der Waals surface area contributed by atoms with Crippen LogP contribution in [0.3, 0.4) is 0 Å². The molecule has 1 saturated carbocycles. The van der Waals surface area contributed by atoms with Crippen LogP contribution in [0.1, 0.15) is 48.2 Å². The number of hydrogen-bond donors (Lipinski definition) is 1. The lowest BCUT2D eigenvalue weighted by molar-refractivity contribution is 0.0996. The molecule has 1 N–H and O–H groups in total. The zero-order valence-corrected chi connectivity index (χ0v) is 14.2. The van der Waals surface area contributed by atoms with E-state index < -0.39 is 9.84 Å².